The van der Waals surface area contributed by atoms with Gasteiger partial charge < -0.3 is 0 Å². The number of hydrazone groups is 1. The molecule has 0 aromatic heterocycles. The van der Waals surface area contributed by atoms with E-state index in [0.717, 1.165) is 24.5 Å². The van der Waals surface area contributed by atoms with E-state index in [1.807, 2.05) is 13.0 Å². The standard InChI is InChI=1S/C12H15F3N2/c1-5-11-6-8(2)9(3)17(7-11)16-10(4)12(13,14)15/h6-7H,3,5H2,1-2,4H3/b16-10+. The molecule has 0 fully saturated rings. The normalized spacial score (nSPS) is 18.1. The van der Waals surface area contributed by atoms with Gasteiger partial charge in [-0.2, -0.15) is 18.3 Å². The van der Waals surface area contributed by atoms with E-state index in [0.29, 0.717) is 5.70 Å². The van der Waals surface area contributed by atoms with E-state index in [-0.39, 0.29) is 0 Å². The molecular weight excluding hydrogens is 229 g/mol. The smallest absolute Gasteiger partial charge is 0.241 e. The van der Waals surface area contributed by atoms with E-state index in [2.05, 4.69) is 11.7 Å². The Morgan fingerprint density at radius 1 is 1.47 bits per heavy atom. The molecule has 0 aliphatic carbocycles. The van der Waals surface area contributed by atoms with Gasteiger partial charge in [-0.15, -0.1) is 0 Å². The van der Waals surface area contributed by atoms with Gasteiger partial charge in [0, 0.05) is 6.20 Å². The number of hydrogen-bond donors (Lipinski definition) is 0. The van der Waals surface area contributed by atoms with Crippen molar-refractivity contribution >= 4 is 5.71 Å². The second-order valence-corrected chi connectivity index (χ2v) is 3.86. The molecule has 0 saturated carbocycles. The molecule has 0 bridgehead atoms. The van der Waals surface area contributed by atoms with Crippen molar-refractivity contribution in [2.45, 2.75) is 33.4 Å². The van der Waals surface area contributed by atoms with Crippen LogP contribution in [-0.2, 0) is 0 Å². The minimum atomic E-state index is -4.41. The van der Waals surface area contributed by atoms with Crippen LogP contribution in [0.5, 0.6) is 0 Å². The van der Waals surface area contributed by atoms with Gasteiger partial charge in [0.15, 0.2) is 0 Å². The predicted octanol–water partition coefficient (Wildman–Crippen LogP) is 3.99. The highest BCUT2D eigenvalue weighted by molar-refractivity contribution is 5.87. The summed E-state index contributed by atoms with van der Waals surface area (Å²) in [5, 5.41) is 4.74. The second kappa shape index (κ2) is 4.77. The van der Waals surface area contributed by atoms with Crippen molar-refractivity contribution in [3.8, 4) is 0 Å². The number of rotatable bonds is 2. The lowest BCUT2D eigenvalue weighted by atomic mass is 10.1. The Hall–Kier alpha value is -1.52. The molecule has 1 aliphatic heterocycles. The van der Waals surface area contributed by atoms with Gasteiger partial charge in [0.25, 0.3) is 0 Å². The molecule has 0 N–H and O–H groups in total. The van der Waals surface area contributed by atoms with Crippen LogP contribution in [0.15, 0.2) is 40.8 Å². The van der Waals surface area contributed by atoms with Crippen molar-refractivity contribution in [2.75, 3.05) is 0 Å². The van der Waals surface area contributed by atoms with E-state index >= 15 is 0 Å². The Balaban J connectivity index is 3.04. The first-order valence-electron chi connectivity index (χ1n) is 5.25. The van der Waals surface area contributed by atoms with Crippen LogP contribution in [0, 0.1) is 0 Å². The van der Waals surface area contributed by atoms with Crippen molar-refractivity contribution in [3.63, 3.8) is 0 Å². The van der Waals surface area contributed by atoms with Crippen molar-refractivity contribution in [2.24, 2.45) is 5.10 Å². The molecule has 0 amide bonds. The maximum Gasteiger partial charge on any atom is 0.430 e. The summed E-state index contributed by atoms with van der Waals surface area (Å²) in [7, 11) is 0. The van der Waals surface area contributed by atoms with Gasteiger partial charge in [-0.1, -0.05) is 19.6 Å². The molecule has 0 unspecified atom stereocenters. The van der Waals surface area contributed by atoms with Crippen molar-refractivity contribution in [1.82, 2.24) is 5.01 Å². The summed E-state index contributed by atoms with van der Waals surface area (Å²) in [5.74, 6) is 0. The first-order chi connectivity index (χ1) is 7.75. The SMILES string of the molecule is C=C1C(C)=CC(CC)=CN1/N=C(\C)C(F)(F)F. The maximum atomic E-state index is 12.4. The highest BCUT2D eigenvalue weighted by atomic mass is 19.4. The minimum Gasteiger partial charge on any atom is -0.241 e. The lowest BCUT2D eigenvalue weighted by molar-refractivity contribution is -0.0601. The third-order valence-electron chi connectivity index (χ3n) is 2.50. The average Bonchev–Trinajstić information content (AvgIpc) is 2.22. The molecule has 1 heterocycles. The molecule has 0 radical (unpaired) electrons. The summed E-state index contributed by atoms with van der Waals surface area (Å²) in [4.78, 5) is 0. The molecule has 0 saturated heterocycles. The summed E-state index contributed by atoms with van der Waals surface area (Å²) >= 11 is 0. The zero-order chi connectivity index (χ0) is 13.2. The second-order valence-electron chi connectivity index (χ2n) is 3.86. The zero-order valence-corrected chi connectivity index (χ0v) is 10.1. The summed E-state index contributed by atoms with van der Waals surface area (Å²) in [6, 6.07) is 0. The van der Waals surface area contributed by atoms with Crippen LogP contribution in [0.25, 0.3) is 0 Å². The van der Waals surface area contributed by atoms with Gasteiger partial charge in [-0.3, -0.25) is 0 Å². The van der Waals surface area contributed by atoms with Gasteiger partial charge in [0.1, 0.15) is 5.71 Å². The largest absolute Gasteiger partial charge is 0.430 e. The Morgan fingerprint density at radius 2 is 2.06 bits per heavy atom. The van der Waals surface area contributed by atoms with E-state index in [4.69, 9.17) is 0 Å². The number of hydrogen-bond acceptors (Lipinski definition) is 2. The lowest BCUT2D eigenvalue weighted by Gasteiger charge is -2.24. The summed E-state index contributed by atoms with van der Waals surface area (Å²) < 4.78 is 37.2. The molecule has 1 aliphatic rings. The van der Waals surface area contributed by atoms with E-state index < -0.39 is 11.9 Å². The molecular formula is C12H15F3N2. The fourth-order valence-corrected chi connectivity index (χ4v) is 1.32. The zero-order valence-electron chi connectivity index (χ0n) is 10.1. The Labute approximate surface area is 98.8 Å². The van der Waals surface area contributed by atoms with Gasteiger partial charge in [0.2, 0.25) is 0 Å². The topological polar surface area (TPSA) is 15.6 Å². The molecule has 2 nitrogen and oxygen atoms in total. The van der Waals surface area contributed by atoms with Gasteiger partial charge in [0.05, 0.1) is 5.70 Å². The Kier molecular flexibility index (Phi) is 3.80. The van der Waals surface area contributed by atoms with Crippen LogP contribution in [0.2, 0.25) is 0 Å². The summed E-state index contributed by atoms with van der Waals surface area (Å²) in [6.07, 6.45) is -0.195. The maximum absolute atomic E-state index is 12.4. The van der Waals surface area contributed by atoms with Crippen LogP contribution in [0.3, 0.4) is 0 Å². The molecule has 94 valence electrons. The number of nitrogens with zero attached hydrogens (tertiary/aromatic N) is 2. The number of alkyl halides is 3. The first kappa shape index (κ1) is 13.5. The lowest BCUT2D eigenvalue weighted by Crippen LogP contribution is -2.24. The fraction of sp³-hybridized carbons (Fsp3) is 0.417. The number of halogens is 3. The highest BCUT2D eigenvalue weighted by Gasteiger charge is 2.33. The molecule has 1 rings (SSSR count). The van der Waals surface area contributed by atoms with Crippen LogP contribution in [-0.4, -0.2) is 16.9 Å². The van der Waals surface area contributed by atoms with Crippen LogP contribution in [0.4, 0.5) is 13.2 Å². The summed E-state index contributed by atoms with van der Waals surface area (Å²) in [6.45, 7) is 8.40. The molecule has 5 heteroatoms. The average molecular weight is 244 g/mol. The molecule has 17 heavy (non-hydrogen) atoms. The monoisotopic (exact) mass is 244 g/mol. The molecule has 0 atom stereocenters. The van der Waals surface area contributed by atoms with Crippen molar-refractivity contribution in [1.29, 1.82) is 0 Å². The molecule has 0 aromatic rings. The fourth-order valence-electron chi connectivity index (χ4n) is 1.32. The van der Waals surface area contributed by atoms with E-state index in [9.17, 15) is 13.2 Å². The van der Waals surface area contributed by atoms with Crippen LogP contribution < -0.4 is 0 Å². The van der Waals surface area contributed by atoms with Crippen LogP contribution in [0.1, 0.15) is 27.2 Å². The van der Waals surface area contributed by atoms with E-state index in [1.54, 1.807) is 13.1 Å². The quantitative estimate of drug-likeness (QED) is 0.670. The minimum absolute atomic E-state index is 0.464. The molecule has 0 aromatic carbocycles. The van der Waals surface area contributed by atoms with Crippen LogP contribution >= 0.6 is 0 Å². The number of allylic oxidation sites excluding steroid dienone is 3. The van der Waals surface area contributed by atoms with Crippen molar-refractivity contribution < 1.29 is 13.2 Å². The molecule has 0 spiro atoms. The van der Waals surface area contributed by atoms with Gasteiger partial charge >= 0.3 is 6.18 Å². The highest BCUT2D eigenvalue weighted by Crippen LogP contribution is 2.26. The third kappa shape index (κ3) is 3.22. The van der Waals surface area contributed by atoms with Gasteiger partial charge in [-0.25, -0.2) is 5.01 Å². The van der Waals surface area contributed by atoms with Gasteiger partial charge in [-0.05, 0) is 31.4 Å². The third-order valence-corrected chi connectivity index (χ3v) is 2.50. The van der Waals surface area contributed by atoms with Crippen molar-refractivity contribution in [3.05, 3.63) is 35.7 Å². The Morgan fingerprint density at radius 3 is 2.53 bits per heavy atom. The van der Waals surface area contributed by atoms with E-state index in [1.165, 1.54) is 5.01 Å². The Bertz CT molecular complexity index is 414. The predicted molar refractivity (Wildman–Crippen MR) is 62.3 cm³/mol. The summed E-state index contributed by atoms with van der Waals surface area (Å²) in [5.41, 5.74) is 1.32. The first-order valence-corrected chi connectivity index (χ1v) is 5.25.